The highest BCUT2D eigenvalue weighted by atomic mass is 16.5. The van der Waals surface area contributed by atoms with Crippen LogP contribution in [-0.2, 0) is 16.0 Å². The highest BCUT2D eigenvalue weighted by Crippen LogP contribution is 2.18. The molecule has 1 amide bonds. The van der Waals surface area contributed by atoms with Crippen molar-refractivity contribution < 1.29 is 9.53 Å². The number of hydrogen-bond donors (Lipinski definition) is 1. The molecular weight excluding hydrogens is 352 g/mol. The highest BCUT2D eigenvalue weighted by Gasteiger charge is 2.24. The molecule has 28 heavy (non-hydrogen) atoms. The first-order valence-corrected chi connectivity index (χ1v) is 10.2. The molecule has 0 spiro atoms. The van der Waals surface area contributed by atoms with E-state index in [0.29, 0.717) is 24.9 Å². The molecule has 1 aromatic heterocycles. The zero-order valence-corrected chi connectivity index (χ0v) is 17.4. The molecule has 1 N–H and O–H groups in total. The number of para-hydroxylation sites is 1. The number of amides is 1. The van der Waals surface area contributed by atoms with Gasteiger partial charge in [0.25, 0.3) is 0 Å². The van der Waals surface area contributed by atoms with Gasteiger partial charge >= 0.3 is 0 Å². The third kappa shape index (κ3) is 4.80. The van der Waals surface area contributed by atoms with E-state index in [4.69, 9.17) is 4.74 Å². The van der Waals surface area contributed by atoms with Gasteiger partial charge in [0.2, 0.25) is 5.91 Å². The van der Waals surface area contributed by atoms with Gasteiger partial charge in [-0.2, -0.15) is 5.10 Å². The largest absolute Gasteiger partial charge is 0.379 e. The van der Waals surface area contributed by atoms with Gasteiger partial charge in [0, 0.05) is 36.9 Å². The van der Waals surface area contributed by atoms with Crippen LogP contribution in [0.2, 0.25) is 0 Å². The van der Waals surface area contributed by atoms with Gasteiger partial charge in [0.1, 0.15) is 0 Å². The molecule has 2 aromatic rings. The first-order valence-electron chi connectivity index (χ1n) is 10.2. The highest BCUT2D eigenvalue weighted by molar-refractivity contribution is 5.79. The Bertz CT molecular complexity index is 779. The fourth-order valence-electron chi connectivity index (χ4n) is 3.89. The number of nitrogens with one attached hydrogen (secondary N) is 1. The zero-order valence-electron chi connectivity index (χ0n) is 17.4. The molecule has 1 atom stereocenters. The van der Waals surface area contributed by atoms with Crippen molar-refractivity contribution in [1.82, 2.24) is 20.0 Å². The molecule has 1 saturated heterocycles. The number of ether oxygens (including phenoxy) is 1. The molecule has 1 aliphatic heterocycles. The maximum atomic E-state index is 12.7. The van der Waals surface area contributed by atoms with Crippen LogP contribution >= 0.6 is 0 Å². The van der Waals surface area contributed by atoms with Crippen molar-refractivity contribution in [3.05, 3.63) is 47.3 Å². The van der Waals surface area contributed by atoms with Crippen LogP contribution in [0.3, 0.4) is 0 Å². The number of morpholine rings is 1. The van der Waals surface area contributed by atoms with Crippen LogP contribution in [0, 0.1) is 19.8 Å². The van der Waals surface area contributed by atoms with E-state index in [1.807, 2.05) is 48.9 Å². The Hall–Kier alpha value is -2.18. The summed E-state index contributed by atoms with van der Waals surface area (Å²) >= 11 is 0. The molecular formula is C22H32N4O2. The fourth-order valence-corrected chi connectivity index (χ4v) is 3.89. The second-order valence-electron chi connectivity index (χ2n) is 7.84. The maximum absolute atomic E-state index is 12.7. The van der Waals surface area contributed by atoms with Crippen LogP contribution in [0.1, 0.15) is 30.8 Å². The molecule has 6 heteroatoms. The summed E-state index contributed by atoms with van der Waals surface area (Å²) in [6, 6.07) is 10.4. The van der Waals surface area contributed by atoms with Gasteiger partial charge in [-0.1, -0.05) is 32.0 Å². The Labute approximate surface area is 167 Å². The van der Waals surface area contributed by atoms with Crippen LogP contribution in [0.5, 0.6) is 0 Å². The lowest BCUT2D eigenvalue weighted by atomic mass is 10.0. The molecule has 1 aromatic carbocycles. The van der Waals surface area contributed by atoms with Crippen LogP contribution < -0.4 is 5.32 Å². The van der Waals surface area contributed by atoms with E-state index in [2.05, 4.69) is 29.2 Å². The van der Waals surface area contributed by atoms with E-state index < -0.39 is 0 Å². The summed E-state index contributed by atoms with van der Waals surface area (Å²) in [4.78, 5) is 15.1. The van der Waals surface area contributed by atoms with E-state index >= 15 is 0 Å². The topological polar surface area (TPSA) is 59.4 Å². The number of hydrogen-bond acceptors (Lipinski definition) is 4. The van der Waals surface area contributed by atoms with Crippen molar-refractivity contribution in [1.29, 1.82) is 0 Å². The predicted molar refractivity (Wildman–Crippen MR) is 111 cm³/mol. The van der Waals surface area contributed by atoms with Crippen molar-refractivity contribution in [3.8, 4) is 5.69 Å². The van der Waals surface area contributed by atoms with Crippen molar-refractivity contribution in [3.63, 3.8) is 0 Å². The van der Waals surface area contributed by atoms with Crippen molar-refractivity contribution in [2.24, 2.45) is 5.92 Å². The number of rotatable bonds is 7. The van der Waals surface area contributed by atoms with E-state index in [1.165, 1.54) is 0 Å². The molecule has 6 nitrogen and oxygen atoms in total. The van der Waals surface area contributed by atoms with E-state index in [9.17, 15) is 4.79 Å². The molecule has 152 valence electrons. The smallest absolute Gasteiger partial charge is 0.224 e. The predicted octanol–water partition coefficient (Wildman–Crippen LogP) is 2.50. The van der Waals surface area contributed by atoms with Crippen LogP contribution in [0.15, 0.2) is 30.3 Å². The minimum absolute atomic E-state index is 0.0534. The summed E-state index contributed by atoms with van der Waals surface area (Å²) in [6.07, 6.45) is 0.360. The summed E-state index contributed by atoms with van der Waals surface area (Å²) in [7, 11) is 0. The Morgan fingerprint density at radius 2 is 1.86 bits per heavy atom. The number of carbonyl (C=O) groups is 1. The molecule has 3 rings (SSSR count). The lowest BCUT2D eigenvalue weighted by molar-refractivity contribution is -0.120. The number of aromatic nitrogens is 2. The lowest BCUT2D eigenvalue weighted by Gasteiger charge is -2.36. The lowest BCUT2D eigenvalue weighted by Crippen LogP contribution is -2.51. The van der Waals surface area contributed by atoms with Crippen molar-refractivity contribution >= 4 is 5.91 Å². The van der Waals surface area contributed by atoms with E-state index in [0.717, 1.165) is 48.9 Å². The molecule has 0 bridgehead atoms. The van der Waals surface area contributed by atoms with Gasteiger partial charge in [-0.15, -0.1) is 0 Å². The standard InChI is InChI=1S/C22H32N4O2/c1-16(2)21(25-10-12-28-13-11-25)15-23-22(27)14-20-17(3)24-26(18(20)4)19-8-6-5-7-9-19/h5-9,16,21H,10-15H2,1-4H3,(H,23,27). The average molecular weight is 385 g/mol. The Morgan fingerprint density at radius 1 is 1.18 bits per heavy atom. The number of benzene rings is 1. The minimum Gasteiger partial charge on any atom is -0.379 e. The third-order valence-electron chi connectivity index (χ3n) is 5.57. The van der Waals surface area contributed by atoms with Crippen LogP contribution in [-0.4, -0.2) is 59.5 Å². The number of carbonyl (C=O) groups excluding carboxylic acids is 1. The summed E-state index contributed by atoms with van der Waals surface area (Å²) in [5.41, 5.74) is 3.95. The monoisotopic (exact) mass is 384 g/mol. The van der Waals surface area contributed by atoms with Gasteiger partial charge in [-0.05, 0) is 31.9 Å². The van der Waals surface area contributed by atoms with Gasteiger partial charge in [0.15, 0.2) is 0 Å². The summed E-state index contributed by atoms with van der Waals surface area (Å²) in [5, 5.41) is 7.80. The zero-order chi connectivity index (χ0) is 20.1. The second-order valence-corrected chi connectivity index (χ2v) is 7.84. The molecule has 1 aliphatic rings. The summed E-state index contributed by atoms with van der Waals surface area (Å²) < 4.78 is 7.38. The maximum Gasteiger partial charge on any atom is 0.224 e. The first kappa shape index (κ1) is 20.6. The molecule has 0 saturated carbocycles. The third-order valence-corrected chi connectivity index (χ3v) is 5.57. The Kier molecular flexibility index (Phi) is 6.86. The minimum atomic E-state index is 0.0534. The van der Waals surface area contributed by atoms with Gasteiger partial charge in [-0.25, -0.2) is 4.68 Å². The second kappa shape index (κ2) is 9.34. The molecule has 0 aliphatic carbocycles. The van der Waals surface area contributed by atoms with Crippen molar-refractivity contribution in [2.45, 2.75) is 40.2 Å². The molecule has 2 heterocycles. The van der Waals surface area contributed by atoms with Gasteiger partial charge < -0.3 is 10.1 Å². The number of nitrogens with zero attached hydrogens (tertiary/aromatic N) is 3. The average Bonchev–Trinajstić information content (AvgIpc) is 2.97. The normalized spacial score (nSPS) is 16.3. The SMILES string of the molecule is Cc1nn(-c2ccccc2)c(C)c1CC(=O)NCC(C(C)C)N1CCOCC1. The Balaban J connectivity index is 1.64. The van der Waals surface area contributed by atoms with Gasteiger partial charge in [-0.3, -0.25) is 9.69 Å². The summed E-state index contributed by atoms with van der Waals surface area (Å²) in [6.45, 7) is 12.5. The number of aryl methyl sites for hydroxylation is 1. The quantitative estimate of drug-likeness (QED) is 0.797. The first-order chi connectivity index (χ1) is 13.5. The Morgan fingerprint density at radius 3 is 2.50 bits per heavy atom. The van der Waals surface area contributed by atoms with Crippen LogP contribution in [0.4, 0.5) is 0 Å². The van der Waals surface area contributed by atoms with E-state index in [-0.39, 0.29) is 5.91 Å². The fraction of sp³-hybridized carbons (Fsp3) is 0.545. The molecule has 1 fully saturated rings. The molecule has 1 unspecified atom stereocenters. The van der Waals surface area contributed by atoms with Crippen LogP contribution in [0.25, 0.3) is 5.69 Å². The van der Waals surface area contributed by atoms with Crippen molar-refractivity contribution in [2.75, 3.05) is 32.8 Å². The van der Waals surface area contributed by atoms with E-state index in [1.54, 1.807) is 0 Å². The molecule has 0 radical (unpaired) electrons. The summed E-state index contributed by atoms with van der Waals surface area (Å²) in [5.74, 6) is 0.528. The van der Waals surface area contributed by atoms with Gasteiger partial charge in [0.05, 0.1) is 31.0 Å².